The van der Waals surface area contributed by atoms with Crippen molar-refractivity contribution in [2.45, 2.75) is 59.4 Å². The summed E-state index contributed by atoms with van der Waals surface area (Å²) in [7, 11) is -2.43. The predicted octanol–water partition coefficient (Wildman–Crippen LogP) is 4.19. The molecule has 5 heteroatoms. The van der Waals surface area contributed by atoms with Crippen LogP contribution in [0.2, 0.25) is 6.04 Å². The Hall–Kier alpha value is -0.203. The van der Waals surface area contributed by atoms with Gasteiger partial charge in [0.05, 0.1) is 6.61 Å². The van der Waals surface area contributed by atoms with Gasteiger partial charge in [-0.3, -0.25) is 0 Å². The van der Waals surface area contributed by atoms with Crippen LogP contribution in [0.4, 0.5) is 0 Å². The van der Waals surface area contributed by atoms with E-state index in [9.17, 15) is 0 Å². The summed E-state index contributed by atoms with van der Waals surface area (Å²) in [6.45, 7) is 15.3. The van der Waals surface area contributed by atoms with Gasteiger partial charge in [-0.1, -0.05) is 25.0 Å². The predicted molar refractivity (Wildman–Crippen MR) is 89.5 cm³/mol. The SMILES string of the molecule is C=C(C)COCCCCCC[Si](OCC)(OCC)OCC. The van der Waals surface area contributed by atoms with Gasteiger partial charge >= 0.3 is 8.80 Å². The lowest BCUT2D eigenvalue weighted by Gasteiger charge is -2.28. The summed E-state index contributed by atoms with van der Waals surface area (Å²) in [5, 5.41) is 0. The van der Waals surface area contributed by atoms with Crippen molar-refractivity contribution in [3.63, 3.8) is 0 Å². The molecule has 0 aliphatic heterocycles. The first-order valence-corrected chi connectivity index (χ1v) is 10.2. The van der Waals surface area contributed by atoms with Crippen LogP contribution < -0.4 is 0 Å². The smallest absolute Gasteiger partial charge is 0.377 e. The highest BCUT2D eigenvalue weighted by Crippen LogP contribution is 2.20. The van der Waals surface area contributed by atoms with E-state index >= 15 is 0 Å². The van der Waals surface area contributed by atoms with E-state index in [0.29, 0.717) is 26.4 Å². The molecule has 0 spiro atoms. The van der Waals surface area contributed by atoms with Gasteiger partial charge in [0.2, 0.25) is 0 Å². The molecule has 0 aliphatic rings. The molecule has 0 aromatic carbocycles. The average molecular weight is 319 g/mol. The molecule has 0 aromatic heterocycles. The number of hydrogen-bond acceptors (Lipinski definition) is 4. The zero-order valence-electron chi connectivity index (χ0n) is 14.4. The van der Waals surface area contributed by atoms with E-state index in [1.54, 1.807) is 0 Å². The molecule has 0 aromatic rings. The second-order valence-electron chi connectivity index (χ2n) is 5.16. The van der Waals surface area contributed by atoms with Crippen LogP contribution >= 0.6 is 0 Å². The number of rotatable bonds is 15. The maximum Gasteiger partial charge on any atom is 0.500 e. The number of hydrogen-bond donors (Lipinski definition) is 0. The van der Waals surface area contributed by atoms with Gasteiger partial charge in [0.15, 0.2) is 0 Å². The topological polar surface area (TPSA) is 36.9 Å². The van der Waals surface area contributed by atoms with Gasteiger partial charge in [0.1, 0.15) is 0 Å². The van der Waals surface area contributed by atoms with Crippen LogP contribution in [-0.2, 0) is 18.0 Å². The summed E-state index contributed by atoms with van der Waals surface area (Å²) in [5.74, 6) is 0. The fourth-order valence-electron chi connectivity index (χ4n) is 2.15. The van der Waals surface area contributed by atoms with Crippen molar-refractivity contribution >= 4 is 8.80 Å². The molecule has 0 saturated heterocycles. The first-order chi connectivity index (χ1) is 10.1. The van der Waals surface area contributed by atoms with E-state index in [2.05, 4.69) is 6.58 Å². The zero-order valence-corrected chi connectivity index (χ0v) is 15.4. The fraction of sp³-hybridized carbons (Fsp3) is 0.875. The van der Waals surface area contributed by atoms with Crippen molar-refractivity contribution in [2.24, 2.45) is 0 Å². The minimum atomic E-state index is -2.43. The van der Waals surface area contributed by atoms with Gasteiger partial charge in [-0.15, -0.1) is 0 Å². The van der Waals surface area contributed by atoms with E-state index in [1.165, 1.54) is 12.8 Å². The Kier molecular flexibility index (Phi) is 13.3. The van der Waals surface area contributed by atoms with Gasteiger partial charge in [0, 0.05) is 32.5 Å². The Labute approximate surface area is 132 Å². The molecule has 0 unspecified atom stereocenters. The van der Waals surface area contributed by atoms with Crippen LogP contribution in [-0.4, -0.2) is 41.8 Å². The third kappa shape index (κ3) is 11.1. The van der Waals surface area contributed by atoms with E-state index in [-0.39, 0.29) is 0 Å². The van der Waals surface area contributed by atoms with Gasteiger partial charge in [-0.25, -0.2) is 0 Å². The monoisotopic (exact) mass is 318 g/mol. The molecule has 0 N–H and O–H groups in total. The van der Waals surface area contributed by atoms with Crippen LogP contribution in [0, 0.1) is 0 Å². The highest BCUT2D eigenvalue weighted by Gasteiger charge is 2.39. The van der Waals surface area contributed by atoms with E-state index in [0.717, 1.165) is 31.1 Å². The molecule has 0 bridgehead atoms. The summed E-state index contributed by atoms with van der Waals surface area (Å²) in [5.41, 5.74) is 1.08. The lowest BCUT2D eigenvalue weighted by Crippen LogP contribution is -2.45. The highest BCUT2D eigenvalue weighted by molar-refractivity contribution is 6.60. The molecular formula is C16H34O4Si. The summed E-state index contributed by atoms with van der Waals surface area (Å²) < 4.78 is 23.0. The summed E-state index contributed by atoms with van der Waals surface area (Å²) >= 11 is 0. The molecule has 0 saturated carbocycles. The van der Waals surface area contributed by atoms with E-state index in [1.807, 2.05) is 27.7 Å². The Morgan fingerprint density at radius 2 is 1.38 bits per heavy atom. The van der Waals surface area contributed by atoms with Crippen LogP contribution in [0.1, 0.15) is 53.4 Å². The molecule has 0 radical (unpaired) electrons. The lowest BCUT2D eigenvalue weighted by atomic mass is 10.2. The van der Waals surface area contributed by atoms with Crippen molar-refractivity contribution in [1.29, 1.82) is 0 Å². The first-order valence-electron chi connectivity index (χ1n) is 8.24. The second-order valence-corrected chi connectivity index (χ2v) is 7.89. The van der Waals surface area contributed by atoms with Crippen LogP contribution in [0.15, 0.2) is 12.2 Å². The summed E-state index contributed by atoms with van der Waals surface area (Å²) in [4.78, 5) is 0. The Morgan fingerprint density at radius 1 is 0.857 bits per heavy atom. The van der Waals surface area contributed by atoms with Gasteiger partial charge in [-0.2, -0.15) is 0 Å². The second kappa shape index (κ2) is 13.5. The molecule has 0 atom stereocenters. The van der Waals surface area contributed by atoms with Crippen LogP contribution in [0.3, 0.4) is 0 Å². The van der Waals surface area contributed by atoms with E-state index < -0.39 is 8.80 Å². The third-order valence-corrected chi connectivity index (χ3v) is 6.11. The van der Waals surface area contributed by atoms with Crippen molar-refractivity contribution in [3.8, 4) is 0 Å². The molecule has 126 valence electrons. The summed E-state index contributed by atoms with van der Waals surface area (Å²) in [6.07, 6.45) is 4.52. The molecule has 0 amide bonds. The standard InChI is InChI=1S/C16H34O4Si/c1-6-18-21(19-7-2,20-8-3)14-12-10-9-11-13-17-15-16(4)5/h4,6-15H2,1-3,5H3. The van der Waals surface area contributed by atoms with Crippen molar-refractivity contribution in [3.05, 3.63) is 12.2 Å². The van der Waals surface area contributed by atoms with Crippen LogP contribution in [0.5, 0.6) is 0 Å². The molecule has 0 aliphatic carbocycles. The highest BCUT2D eigenvalue weighted by atomic mass is 28.4. The Balaban J connectivity index is 3.83. The Bertz CT molecular complexity index is 242. The maximum absolute atomic E-state index is 5.84. The summed E-state index contributed by atoms with van der Waals surface area (Å²) in [6, 6.07) is 0.912. The largest absolute Gasteiger partial charge is 0.500 e. The van der Waals surface area contributed by atoms with E-state index in [4.69, 9.17) is 18.0 Å². The third-order valence-electron chi connectivity index (χ3n) is 2.96. The fourth-order valence-corrected chi connectivity index (χ4v) is 4.83. The van der Waals surface area contributed by atoms with Crippen molar-refractivity contribution < 1.29 is 18.0 Å². The maximum atomic E-state index is 5.84. The van der Waals surface area contributed by atoms with Crippen molar-refractivity contribution in [2.75, 3.05) is 33.0 Å². The molecule has 4 nitrogen and oxygen atoms in total. The number of ether oxygens (including phenoxy) is 1. The molecular weight excluding hydrogens is 284 g/mol. The van der Waals surface area contributed by atoms with Gasteiger partial charge in [0.25, 0.3) is 0 Å². The first kappa shape index (κ1) is 20.8. The normalized spacial score (nSPS) is 11.8. The molecule has 0 heterocycles. The van der Waals surface area contributed by atoms with Crippen LogP contribution in [0.25, 0.3) is 0 Å². The minimum absolute atomic E-state index is 0.654. The lowest BCUT2D eigenvalue weighted by molar-refractivity contribution is 0.0706. The molecule has 0 fully saturated rings. The van der Waals surface area contributed by atoms with Crippen molar-refractivity contribution in [1.82, 2.24) is 0 Å². The van der Waals surface area contributed by atoms with Gasteiger partial charge < -0.3 is 18.0 Å². The zero-order chi connectivity index (χ0) is 16.0. The quantitative estimate of drug-likeness (QED) is 0.258. The molecule has 0 rings (SSSR count). The average Bonchev–Trinajstić information content (AvgIpc) is 2.42. The van der Waals surface area contributed by atoms with Gasteiger partial charge in [-0.05, 0) is 40.5 Å². The molecule has 21 heavy (non-hydrogen) atoms. The minimum Gasteiger partial charge on any atom is -0.377 e. The Morgan fingerprint density at radius 3 is 1.86 bits per heavy atom. The number of unbranched alkanes of at least 4 members (excludes halogenated alkanes) is 3.